The average molecular weight is 362 g/mol. The van der Waals surface area contributed by atoms with Crippen molar-refractivity contribution in [3.8, 4) is 0 Å². The van der Waals surface area contributed by atoms with Crippen LogP contribution in [0.2, 0.25) is 0 Å². The predicted molar refractivity (Wildman–Crippen MR) is 98.0 cm³/mol. The SMILES string of the molecule is Cc1cc(C)cc(N2CCN(S(=O)(=O)c3ccc(F)cc3C)CC2)c1. The molecule has 0 saturated carbocycles. The van der Waals surface area contributed by atoms with Crippen LogP contribution in [0.3, 0.4) is 0 Å². The zero-order chi connectivity index (χ0) is 18.2. The molecular weight excluding hydrogens is 339 g/mol. The third-order valence-electron chi connectivity index (χ3n) is 4.57. The first-order chi connectivity index (χ1) is 11.8. The molecule has 0 aromatic heterocycles. The zero-order valence-corrected chi connectivity index (χ0v) is 15.6. The number of hydrogen-bond donors (Lipinski definition) is 0. The van der Waals surface area contributed by atoms with Crippen molar-refractivity contribution < 1.29 is 12.8 Å². The highest BCUT2D eigenvalue weighted by molar-refractivity contribution is 7.89. The maximum atomic E-state index is 13.3. The van der Waals surface area contributed by atoms with Gasteiger partial charge in [-0.15, -0.1) is 0 Å². The summed E-state index contributed by atoms with van der Waals surface area (Å²) in [6.45, 7) is 7.88. The molecule has 0 unspecified atom stereocenters. The summed E-state index contributed by atoms with van der Waals surface area (Å²) in [4.78, 5) is 2.40. The monoisotopic (exact) mass is 362 g/mol. The summed E-state index contributed by atoms with van der Waals surface area (Å²) < 4.78 is 40.5. The lowest BCUT2D eigenvalue weighted by molar-refractivity contribution is 0.384. The predicted octanol–water partition coefficient (Wildman–Crippen LogP) is 3.26. The molecular formula is C19H23FN2O2S. The van der Waals surface area contributed by atoms with Gasteiger partial charge in [-0.3, -0.25) is 0 Å². The van der Waals surface area contributed by atoms with Crippen molar-refractivity contribution >= 4 is 15.7 Å². The number of aryl methyl sites for hydroxylation is 3. The fourth-order valence-electron chi connectivity index (χ4n) is 3.36. The maximum Gasteiger partial charge on any atom is 0.243 e. The molecule has 0 aliphatic carbocycles. The largest absolute Gasteiger partial charge is 0.369 e. The van der Waals surface area contributed by atoms with E-state index in [1.165, 1.54) is 33.6 Å². The molecule has 4 nitrogen and oxygen atoms in total. The van der Waals surface area contributed by atoms with E-state index in [1.54, 1.807) is 6.92 Å². The Morgan fingerprint density at radius 3 is 2.04 bits per heavy atom. The number of anilines is 1. The highest BCUT2D eigenvalue weighted by Crippen LogP contribution is 2.25. The van der Waals surface area contributed by atoms with Gasteiger partial charge in [0, 0.05) is 31.9 Å². The molecule has 2 aromatic carbocycles. The summed E-state index contributed by atoms with van der Waals surface area (Å²) in [5, 5.41) is 0. The molecule has 6 heteroatoms. The highest BCUT2D eigenvalue weighted by atomic mass is 32.2. The Labute approximate surface area is 148 Å². The average Bonchev–Trinajstić information content (AvgIpc) is 2.53. The standard InChI is InChI=1S/C19H23FN2O2S/c1-14-10-15(2)12-18(11-14)21-6-8-22(9-7-21)25(23,24)19-5-4-17(20)13-16(19)3/h4-5,10-13H,6-9H2,1-3H3. The summed E-state index contributed by atoms with van der Waals surface area (Å²) >= 11 is 0. The molecule has 1 heterocycles. The first-order valence-corrected chi connectivity index (χ1v) is 9.81. The van der Waals surface area contributed by atoms with Gasteiger partial charge in [0.25, 0.3) is 0 Å². The van der Waals surface area contributed by atoms with Gasteiger partial charge in [-0.2, -0.15) is 4.31 Å². The van der Waals surface area contributed by atoms with Gasteiger partial charge in [0.15, 0.2) is 0 Å². The Morgan fingerprint density at radius 2 is 1.48 bits per heavy atom. The second-order valence-corrected chi connectivity index (χ2v) is 8.55. The summed E-state index contributed by atoms with van der Waals surface area (Å²) in [6.07, 6.45) is 0. The number of hydrogen-bond acceptors (Lipinski definition) is 3. The number of sulfonamides is 1. The van der Waals surface area contributed by atoms with Crippen LogP contribution >= 0.6 is 0 Å². The Bertz CT molecular complexity index is 868. The number of piperazine rings is 1. The first-order valence-electron chi connectivity index (χ1n) is 8.37. The summed E-state index contributed by atoms with van der Waals surface area (Å²) in [5.74, 6) is -0.420. The van der Waals surface area contributed by atoms with E-state index in [1.807, 2.05) is 0 Å². The van der Waals surface area contributed by atoms with Crippen molar-refractivity contribution in [2.45, 2.75) is 25.7 Å². The quantitative estimate of drug-likeness (QED) is 0.841. The van der Waals surface area contributed by atoms with Crippen LogP contribution in [0.4, 0.5) is 10.1 Å². The van der Waals surface area contributed by atoms with Crippen molar-refractivity contribution in [3.63, 3.8) is 0 Å². The zero-order valence-electron chi connectivity index (χ0n) is 14.8. The van der Waals surface area contributed by atoms with Crippen LogP contribution in [0.25, 0.3) is 0 Å². The second kappa shape index (κ2) is 6.77. The smallest absolute Gasteiger partial charge is 0.243 e. The summed E-state index contributed by atoms with van der Waals surface area (Å²) in [7, 11) is -3.59. The molecule has 1 fully saturated rings. The van der Waals surface area contributed by atoms with E-state index in [0.29, 0.717) is 31.7 Å². The van der Waals surface area contributed by atoms with Gasteiger partial charge in [0.05, 0.1) is 4.90 Å². The van der Waals surface area contributed by atoms with Crippen LogP contribution in [0.5, 0.6) is 0 Å². The molecule has 0 atom stereocenters. The molecule has 0 amide bonds. The van der Waals surface area contributed by atoms with Crippen molar-refractivity contribution in [1.82, 2.24) is 4.31 Å². The summed E-state index contributed by atoms with van der Waals surface area (Å²) in [6, 6.07) is 10.2. The van der Waals surface area contributed by atoms with Gasteiger partial charge in [0.1, 0.15) is 5.82 Å². The third-order valence-corrected chi connectivity index (χ3v) is 6.62. The Hall–Kier alpha value is -1.92. The lowest BCUT2D eigenvalue weighted by Crippen LogP contribution is -2.48. The third kappa shape index (κ3) is 3.70. The fourth-order valence-corrected chi connectivity index (χ4v) is 4.99. The van der Waals surface area contributed by atoms with E-state index < -0.39 is 15.8 Å². The summed E-state index contributed by atoms with van der Waals surface area (Å²) in [5.41, 5.74) is 3.98. The molecule has 134 valence electrons. The molecule has 25 heavy (non-hydrogen) atoms. The molecule has 1 aliphatic rings. The van der Waals surface area contributed by atoms with Gasteiger partial charge < -0.3 is 4.90 Å². The Morgan fingerprint density at radius 1 is 0.880 bits per heavy atom. The van der Waals surface area contributed by atoms with Gasteiger partial charge in [-0.25, -0.2) is 12.8 Å². The van der Waals surface area contributed by atoms with Gasteiger partial charge >= 0.3 is 0 Å². The second-order valence-electron chi connectivity index (χ2n) is 6.65. The number of rotatable bonds is 3. The number of halogens is 1. The molecule has 3 rings (SSSR count). The molecule has 0 bridgehead atoms. The first kappa shape index (κ1) is 17.9. The lowest BCUT2D eigenvalue weighted by Gasteiger charge is -2.35. The molecule has 0 spiro atoms. The van der Waals surface area contributed by atoms with E-state index >= 15 is 0 Å². The highest BCUT2D eigenvalue weighted by Gasteiger charge is 2.29. The van der Waals surface area contributed by atoms with E-state index in [-0.39, 0.29) is 4.90 Å². The number of nitrogens with zero attached hydrogens (tertiary/aromatic N) is 2. The van der Waals surface area contributed by atoms with Crippen molar-refractivity contribution in [3.05, 3.63) is 58.9 Å². The van der Waals surface area contributed by atoms with Crippen molar-refractivity contribution in [2.75, 3.05) is 31.1 Å². The van der Waals surface area contributed by atoms with E-state index in [2.05, 4.69) is 36.9 Å². The van der Waals surface area contributed by atoms with E-state index in [9.17, 15) is 12.8 Å². The van der Waals surface area contributed by atoms with E-state index in [0.717, 1.165) is 5.69 Å². The van der Waals surface area contributed by atoms with Gasteiger partial charge in [0.2, 0.25) is 10.0 Å². The minimum Gasteiger partial charge on any atom is -0.369 e. The lowest BCUT2D eigenvalue weighted by atomic mass is 10.1. The van der Waals surface area contributed by atoms with Gasteiger partial charge in [-0.05, 0) is 67.8 Å². The van der Waals surface area contributed by atoms with Crippen LogP contribution in [0.1, 0.15) is 16.7 Å². The Balaban J connectivity index is 1.77. The van der Waals surface area contributed by atoms with Crippen molar-refractivity contribution in [2.24, 2.45) is 0 Å². The molecule has 1 saturated heterocycles. The topological polar surface area (TPSA) is 40.6 Å². The van der Waals surface area contributed by atoms with E-state index in [4.69, 9.17) is 0 Å². The van der Waals surface area contributed by atoms with Crippen LogP contribution in [-0.2, 0) is 10.0 Å². The molecule has 0 radical (unpaired) electrons. The minimum absolute atomic E-state index is 0.189. The van der Waals surface area contributed by atoms with Gasteiger partial charge in [-0.1, -0.05) is 6.07 Å². The fraction of sp³-hybridized carbons (Fsp3) is 0.368. The molecule has 2 aromatic rings. The van der Waals surface area contributed by atoms with Crippen LogP contribution in [-0.4, -0.2) is 38.9 Å². The Kier molecular flexibility index (Phi) is 4.84. The maximum absolute atomic E-state index is 13.3. The normalized spacial score (nSPS) is 16.2. The van der Waals surface area contributed by atoms with Crippen LogP contribution in [0.15, 0.2) is 41.3 Å². The van der Waals surface area contributed by atoms with Crippen LogP contribution < -0.4 is 4.90 Å². The molecule has 0 N–H and O–H groups in total. The molecule has 1 aliphatic heterocycles. The van der Waals surface area contributed by atoms with Crippen molar-refractivity contribution in [1.29, 1.82) is 0 Å². The van der Waals surface area contributed by atoms with Crippen LogP contribution in [0, 0.1) is 26.6 Å². The number of benzene rings is 2. The minimum atomic E-state index is -3.59.